The van der Waals surface area contributed by atoms with Crippen LogP contribution in [0.2, 0.25) is 0 Å². The van der Waals surface area contributed by atoms with Gasteiger partial charge in [0.15, 0.2) is 0 Å². The van der Waals surface area contributed by atoms with Gasteiger partial charge in [0.1, 0.15) is 5.76 Å². The van der Waals surface area contributed by atoms with Crippen molar-refractivity contribution >= 4 is 5.91 Å². The molecule has 106 valence electrons. The topological polar surface area (TPSA) is 68.3 Å². The van der Waals surface area contributed by atoms with Crippen molar-refractivity contribution in [3.8, 4) is 0 Å². The Morgan fingerprint density at radius 3 is 2.65 bits per heavy atom. The molecule has 0 fully saturated rings. The predicted octanol–water partition coefficient (Wildman–Crippen LogP) is 1.90. The molecular formula is C16H20N2O2. The fraction of sp³-hybridized carbons (Fsp3) is 0.312. The van der Waals surface area contributed by atoms with Crippen LogP contribution in [0.25, 0.3) is 0 Å². The molecule has 0 spiro atoms. The van der Waals surface area contributed by atoms with Gasteiger partial charge in [-0.15, -0.1) is 0 Å². The van der Waals surface area contributed by atoms with Crippen molar-refractivity contribution in [2.24, 2.45) is 5.73 Å². The third-order valence-electron chi connectivity index (χ3n) is 3.17. The summed E-state index contributed by atoms with van der Waals surface area (Å²) in [6.07, 6.45) is 3.77. The summed E-state index contributed by atoms with van der Waals surface area (Å²) in [5.74, 6) is 0.760. The molecule has 1 heterocycles. The molecule has 3 N–H and O–H groups in total. The van der Waals surface area contributed by atoms with Crippen LogP contribution in [0.15, 0.2) is 53.1 Å². The van der Waals surface area contributed by atoms with Crippen molar-refractivity contribution in [2.45, 2.75) is 25.3 Å². The van der Waals surface area contributed by atoms with Crippen LogP contribution in [0.3, 0.4) is 0 Å². The summed E-state index contributed by atoms with van der Waals surface area (Å²) in [7, 11) is 0. The molecule has 0 aliphatic heterocycles. The van der Waals surface area contributed by atoms with E-state index in [2.05, 4.69) is 5.32 Å². The minimum atomic E-state index is -0.466. The molecule has 0 saturated heterocycles. The Morgan fingerprint density at radius 2 is 1.95 bits per heavy atom. The van der Waals surface area contributed by atoms with Crippen molar-refractivity contribution in [1.82, 2.24) is 5.32 Å². The van der Waals surface area contributed by atoms with E-state index >= 15 is 0 Å². The zero-order chi connectivity index (χ0) is 14.2. The largest absolute Gasteiger partial charge is 0.469 e. The first-order valence-corrected chi connectivity index (χ1v) is 6.85. The summed E-state index contributed by atoms with van der Waals surface area (Å²) < 4.78 is 5.20. The number of nitrogens with one attached hydrogen (secondary N) is 1. The first-order valence-electron chi connectivity index (χ1n) is 6.85. The average molecular weight is 272 g/mol. The van der Waals surface area contributed by atoms with Crippen LogP contribution >= 0.6 is 0 Å². The number of hydrogen-bond acceptors (Lipinski definition) is 3. The van der Waals surface area contributed by atoms with Crippen molar-refractivity contribution < 1.29 is 9.21 Å². The van der Waals surface area contributed by atoms with Crippen LogP contribution in [0.5, 0.6) is 0 Å². The number of carbonyl (C=O) groups is 1. The molecule has 4 heteroatoms. The van der Waals surface area contributed by atoms with Gasteiger partial charge in [0, 0.05) is 13.0 Å². The van der Waals surface area contributed by atoms with Gasteiger partial charge in [-0.1, -0.05) is 30.3 Å². The van der Waals surface area contributed by atoms with Crippen LogP contribution < -0.4 is 11.1 Å². The zero-order valence-corrected chi connectivity index (χ0v) is 11.4. The van der Waals surface area contributed by atoms with Gasteiger partial charge >= 0.3 is 0 Å². The maximum atomic E-state index is 11.8. The number of hydrogen-bond donors (Lipinski definition) is 2. The fourth-order valence-electron chi connectivity index (χ4n) is 1.99. The molecule has 1 aromatic heterocycles. The number of nitrogens with two attached hydrogens (primary N) is 1. The van der Waals surface area contributed by atoms with Gasteiger partial charge in [0.05, 0.1) is 12.3 Å². The molecule has 0 aliphatic rings. The number of rotatable bonds is 7. The Labute approximate surface area is 119 Å². The zero-order valence-electron chi connectivity index (χ0n) is 11.4. The molecule has 0 bridgehead atoms. The third-order valence-corrected chi connectivity index (χ3v) is 3.17. The normalized spacial score (nSPS) is 12.1. The van der Waals surface area contributed by atoms with Crippen molar-refractivity contribution in [3.05, 3.63) is 60.1 Å². The highest BCUT2D eigenvalue weighted by Gasteiger charge is 2.12. The number of furan rings is 1. The second kappa shape index (κ2) is 7.50. The highest BCUT2D eigenvalue weighted by molar-refractivity contribution is 5.81. The molecule has 2 rings (SSSR count). The van der Waals surface area contributed by atoms with Crippen LogP contribution in [0.1, 0.15) is 17.7 Å². The summed E-state index contributed by atoms with van der Waals surface area (Å²) in [5, 5.41) is 2.83. The lowest BCUT2D eigenvalue weighted by molar-refractivity contribution is -0.122. The van der Waals surface area contributed by atoms with Gasteiger partial charge in [0.25, 0.3) is 0 Å². The van der Waals surface area contributed by atoms with Gasteiger partial charge in [0.2, 0.25) is 5.91 Å². The standard InChI is InChI=1S/C16H20N2O2/c17-15(9-8-13-5-2-1-3-6-13)16(19)18-11-10-14-7-4-12-20-14/h1-7,12,15H,8-11,17H2,(H,18,19). The van der Waals surface area contributed by atoms with E-state index in [-0.39, 0.29) is 5.91 Å². The molecule has 4 nitrogen and oxygen atoms in total. The molecule has 1 aromatic carbocycles. The van der Waals surface area contributed by atoms with E-state index in [1.54, 1.807) is 6.26 Å². The molecule has 20 heavy (non-hydrogen) atoms. The lowest BCUT2D eigenvalue weighted by Gasteiger charge is -2.11. The van der Waals surface area contributed by atoms with E-state index in [1.807, 2.05) is 42.5 Å². The number of benzene rings is 1. The lowest BCUT2D eigenvalue weighted by Crippen LogP contribution is -2.41. The smallest absolute Gasteiger partial charge is 0.236 e. The van der Waals surface area contributed by atoms with Gasteiger partial charge in [-0.2, -0.15) is 0 Å². The van der Waals surface area contributed by atoms with E-state index in [0.29, 0.717) is 19.4 Å². The monoisotopic (exact) mass is 272 g/mol. The second-order valence-electron chi connectivity index (χ2n) is 4.75. The van der Waals surface area contributed by atoms with Crippen LogP contribution in [0, 0.1) is 0 Å². The lowest BCUT2D eigenvalue weighted by atomic mass is 10.1. The quantitative estimate of drug-likeness (QED) is 0.809. The summed E-state index contributed by atoms with van der Waals surface area (Å²) in [6, 6.07) is 13.3. The predicted molar refractivity (Wildman–Crippen MR) is 78.2 cm³/mol. The fourth-order valence-corrected chi connectivity index (χ4v) is 1.99. The van der Waals surface area contributed by atoms with E-state index in [1.165, 1.54) is 5.56 Å². The number of aryl methyl sites for hydroxylation is 1. The SMILES string of the molecule is NC(CCc1ccccc1)C(=O)NCCc1ccco1. The van der Waals surface area contributed by atoms with E-state index in [9.17, 15) is 4.79 Å². The van der Waals surface area contributed by atoms with Crippen molar-refractivity contribution in [2.75, 3.05) is 6.54 Å². The summed E-state index contributed by atoms with van der Waals surface area (Å²) >= 11 is 0. The minimum Gasteiger partial charge on any atom is -0.469 e. The Balaban J connectivity index is 1.66. The van der Waals surface area contributed by atoms with Crippen molar-refractivity contribution in [1.29, 1.82) is 0 Å². The molecular weight excluding hydrogens is 252 g/mol. The van der Waals surface area contributed by atoms with Gasteiger partial charge in [-0.3, -0.25) is 4.79 Å². The molecule has 0 saturated carbocycles. The summed E-state index contributed by atoms with van der Waals surface area (Å²) in [4.78, 5) is 11.8. The Morgan fingerprint density at radius 1 is 1.15 bits per heavy atom. The van der Waals surface area contributed by atoms with Crippen molar-refractivity contribution in [3.63, 3.8) is 0 Å². The molecule has 1 atom stereocenters. The molecule has 2 aromatic rings. The van der Waals surface area contributed by atoms with E-state index < -0.39 is 6.04 Å². The molecule has 0 aliphatic carbocycles. The molecule has 1 amide bonds. The Hall–Kier alpha value is -2.07. The van der Waals surface area contributed by atoms with Crippen LogP contribution in [-0.4, -0.2) is 18.5 Å². The van der Waals surface area contributed by atoms with Crippen LogP contribution in [-0.2, 0) is 17.6 Å². The van der Waals surface area contributed by atoms with E-state index in [0.717, 1.165) is 12.2 Å². The minimum absolute atomic E-state index is 0.104. The second-order valence-corrected chi connectivity index (χ2v) is 4.75. The van der Waals surface area contributed by atoms with E-state index in [4.69, 9.17) is 10.2 Å². The van der Waals surface area contributed by atoms with Gasteiger partial charge < -0.3 is 15.5 Å². The maximum absolute atomic E-state index is 11.8. The van der Waals surface area contributed by atoms with Gasteiger partial charge in [-0.05, 0) is 30.5 Å². The first-order chi connectivity index (χ1) is 9.75. The number of amides is 1. The molecule has 1 unspecified atom stereocenters. The first kappa shape index (κ1) is 14.3. The maximum Gasteiger partial charge on any atom is 0.236 e. The number of carbonyl (C=O) groups excluding carboxylic acids is 1. The average Bonchev–Trinajstić information content (AvgIpc) is 2.99. The third kappa shape index (κ3) is 4.55. The van der Waals surface area contributed by atoms with Crippen LogP contribution in [0.4, 0.5) is 0 Å². The Bertz CT molecular complexity index is 509. The summed E-state index contributed by atoms with van der Waals surface area (Å²) in [5.41, 5.74) is 7.09. The summed E-state index contributed by atoms with van der Waals surface area (Å²) in [6.45, 7) is 0.547. The molecule has 0 radical (unpaired) electrons. The Kier molecular flexibility index (Phi) is 5.38. The highest BCUT2D eigenvalue weighted by Crippen LogP contribution is 2.04. The van der Waals surface area contributed by atoms with Gasteiger partial charge in [-0.25, -0.2) is 0 Å². The highest BCUT2D eigenvalue weighted by atomic mass is 16.3.